The molecule has 0 radical (unpaired) electrons. The van der Waals surface area contributed by atoms with Crippen LogP contribution >= 0.6 is 0 Å². The van der Waals surface area contributed by atoms with E-state index in [2.05, 4.69) is 6.92 Å². The van der Waals surface area contributed by atoms with Crippen LogP contribution in [-0.4, -0.2) is 16.9 Å². The van der Waals surface area contributed by atoms with Crippen LogP contribution in [0, 0.1) is 0 Å². The molecule has 0 aromatic rings. The quantitative estimate of drug-likeness (QED) is 0.586. The average molecular weight is 248 g/mol. The molecule has 0 bridgehead atoms. The van der Waals surface area contributed by atoms with Crippen molar-refractivity contribution in [2.75, 3.05) is 6.61 Å². The minimum absolute atomic E-state index is 0.0703. The summed E-state index contributed by atoms with van der Waals surface area (Å²) in [6, 6.07) is 0. The van der Waals surface area contributed by atoms with Crippen molar-refractivity contribution < 1.29 is 12.6 Å². The van der Waals surface area contributed by atoms with E-state index in [1.54, 1.807) is 0 Å². The molecule has 1 aliphatic rings. The highest BCUT2D eigenvalue weighted by molar-refractivity contribution is 7.75. The predicted molar refractivity (Wildman–Crippen MR) is 66.2 cm³/mol. The van der Waals surface area contributed by atoms with Gasteiger partial charge >= 0.3 is 11.4 Å². The average Bonchev–Trinajstić information content (AvgIpc) is 2.68. The normalized spacial score (nSPS) is 25.1. The van der Waals surface area contributed by atoms with Crippen LogP contribution in [0.5, 0.6) is 0 Å². The second-order valence-corrected chi connectivity index (χ2v) is 5.31. The van der Waals surface area contributed by atoms with Crippen molar-refractivity contribution in [1.29, 1.82) is 0 Å². The van der Waals surface area contributed by atoms with Crippen molar-refractivity contribution in [3.05, 3.63) is 0 Å². The minimum atomic E-state index is -1.47. The van der Waals surface area contributed by atoms with E-state index in [1.165, 1.54) is 51.4 Å². The Kier molecular flexibility index (Phi) is 8.07. The second-order valence-electron chi connectivity index (χ2n) is 4.47. The number of unbranched alkanes of at least 4 members (excludes halogenated alkanes) is 7. The first-order valence-electron chi connectivity index (χ1n) is 6.55. The first kappa shape index (κ1) is 14.1. The lowest BCUT2D eigenvalue weighted by Gasteiger charge is -2.05. The van der Waals surface area contributed by atoms with Gasteiger partial charge in [-0.05, 0) is 6.42 Å². The van der Waals surface area contributed by atoms with Gasteiger partial charge in [0, 0.05) is 0 Å². The largest absolute Gasteiger partial charge is 0.305 e. The summed E-state index contributed by atoms with van der Waals surface area (Å²) in [5, 5.41) is 0. The SMILES string of the molecule is CCCCCCCCCCC1COS(=O)O1. The first-order chi connectivity index (χ1) is 7.83. The molecule has 4 heteroatoms. The topological polar surface area (TPSA) is 35.5 Å². The molecule has 0 aromatic heterocycles. The highest BCUT2D eigenvalue weighted by atomic mass is 32.2. The van der Waals surface area contributed by atoms with Crippen LogP contribution in [0.4, 0.5) is 0 Å². The maximum absolute atomic E-state index is 10.8. The van der Waals surface area contributed by atoms with Gasteiger partial charge in [-0.25, -0.2) is 0 Å². The molecule has 2 atom stereocenters. The van der Waals surface area contributed by atoms with Crippen molar-refractivity contribution in [3.63, 3.8) is 0 Å². The van der Waals surface area contributed by atoms with E-state index in [9.17, 15) is 4.21 Å². The third-order valence-electron chi connectivity index (χ3n) is 2.94. The predicted octanol–water partition coefficient (Wildman–Crippen LogP) is 3.51. The molecule has 0 spiro atoms. The molecular formula is C12H24O3S. The Bertz CT molecular complexity index is 197. The molecule has 3 nitrogen and oxygen atoms in total. The van der Waals surface area contributed by atoms with E-state index < -0.39 is 11.4 Å². The summed E-state index contributed by atoms with van der Waals surface area (Å²) in [4.78, 5) is 0. The molecule has 16 heavy (non-hydrogen) atoms. The fraction of sp³-hybridized carbons (Fsp3) is 1.00. The molecule has 1 fully saturated rings. The molecule has 0 aromatic carbocycles. The summed E-state index contributed by atoms with van der Waals surface area (Å²) < 4.78 is 20.7. The van der Waals surface area contributed by atoms with E-state index in [0.29, 0.717) is 6.61 Å². The first-order valence-corrected chi connectivity index (χ1v) is 7.55. The third-order valence-corrected chi connectivity index (χ3v) is 3.70. The van der Waals surface area contributed by atoms with Crippen LogP contribution in [0.3, 0.4) is 0 Å². The zero-order chi connectivity index (χ0) is 11.6. The smallest absolute Gasteiger partial charge is 0.266 e. The molecular weight excluding hydrogens is 224 g/mol. The van der Waals surface area contributed by atoms with Crippen LogP contribution < -0.4 is 0 Å². The van der Waals surface area contributed by atoms with Crippen molar-refractivity contribution in [3.8, 4) is 0 Å². The molecule has 1 rings (SSSR count). The Hall–Kier alpha value is 0.0700. The van der Waals surface area contributed by atoms with Gasteiger partial charge in [0.1, 0.15) is 6.10 Å². The maximum Gasteiger partial charge on any atom is 0.305 e. The van der Waals surface area contributed by atoms with Gasteiger partial charge in [0.25, 0.3) is 0 Å². The van der Waals surface area contributed by atoms with Crippen molar-refractivity contribution in [2.45, 2.75) is 70.8 Å². The van der Waals surface area contributed by atoms with Crippen molar-refractivity contribution in [1.82, 2.24) is 0 Å². The molecule has 0 N–H and O–H groups in total. The summed E-state index contributed by atoms with van der Waals surface area (Å²) in [7, 11) is 0. The van der Waals surface area contributed by atoms with Crippen molar-refractivity contribution >= 4 is 11.4 Å². The lowest BCUT2D eigenvalue weighted by molar-refractivity contribution is 0.222. The fourth-order valence-electron chi connectivity index (χ4n) is 1.94. The van der Waals surface area contributed by atoms with Crippen LogP contribution in [0.1, 0.15) is 64.7 Å². The maximum atomic E-state index is 10.8. The molecule has 0 aliphatic carbocycles. The Labute approximate surface area is 102 Å². The van der Waals surface area contributed by atoms with Gasteiger partial charge < -0.3 is 0 Å². The summed E-state index contributed by atoms with van der Waals surface area (Å²) in [6.45, 7) is 2.75. The van der Waals surface area contributed by atoms with E-state index in [0.717, 1.165) is 6.42 Å². The number of rotatable bonds is 9. The van der Waals surface area contributed by atoms with Crippen molar-refractivity contribution in [2.24, 2.45) is 0 Å². The van der Waals surface area contributed by atoms with Crippen LogP contribution in [0.2, 0.25) is 0 Å². The monoisotopic (exact) mass is 248 g/mol. The lowest BCUT2D eigenvalue weighted by Crippen LogP contribution is -2.08. The highest BCUT2D eigenvalue weighted by Gasteiger charge is 2.22. The van der Waals surface area contributed by atoms with E-state index in [4.69, 9.17) is 8.37 Å². The van der Waals surface area contributed by atoms with Gasteiger partial charge in [0.2, 0.25) is 0 Å². The van der Waals surface area contributed by atoms with Gasteiger partial charge in [-0.2, -0.15) is 4.21 Å². The standard InChI is InChI=1S/C12H24O3S/c1-2-3-4-5-6-7-8-9-10-12-11-14-16(13)15-12/h12H,2-11H2,1H3. The molecule has 0 amide bonds. The Morgan fingerprint density at radius 2 is 1.69 bits per heavy atom. The summed E-state index contributed by atoms with van der Waals surface area (Å²) in [5.74, 6) is 0. The second kappa shape index (κ2) is 9.14. The van der Waals surface area contributed by atoms with Gasteiger partial charge in [-0.15, -0.1) is 0 Å². The zero-order valence-electron chi connectivity index (χ0n) is 10.3. The fourth-order valence-corrected chi connectivity index (χ4v) is 2.63. The number of hydrogen-bond donors (Lipinski definition) is 0. The van der Waals surface area contributed by atoms with Gasteiger partial charge in [-0.3, -0.25) is 8.37 Å². The van der Waals surface area contributed by atoms with E-state index in [1.807, 2.05) is 0 Å². The minimum Gasteiger partial charge on any atom is -0.266 e. The molecule has 1 heterocycles. The molecule has 96 valence electrons. The van der Waals surface area contributed by atoms with Crippen LogP contribution in [0.25, 0.3) is 0 Å². The number of hydrogen-bond acceptors (Lipinski definition) is 3. The molecule has 1 saturated heterocycles. The Morgan fingerprint density at radius 3 is 2.25 bits per heavy atom. The third kappa shape index (κ3) is 6.61. The summed E-state index contributed by atoms with van der Waals surface area (Å²) in [5.41, 5.74) is 0. The van der Waals surface area contributed by atoms with Gasteiger partial charge in [-0.1, -0.05) is 58.3 Å². The highest BCUT2D eigenvalue weighted by Crippen LogP contribution is 2.16. The molecule has 1 aliphatic heterocycles. The molecule has 2 unspecified atom stereocenters. The van der Waals surface area contributed by atoms with E-state index in [-0.39, 0.29) is 6.10 Å². The van der Waals surface area contributed by atoms with Crippen LogP contribution in [-0.2, 0) is 19.7 Å². The summed E-state index contributed by atoms with van der Waals surface area (Å²) in [6.07, 6.45) is 11.6. The Morgan fingerprint density at radius 1 is 1.06 bits per heavy atom. The zero-order valence-corrected chi connectivity index (χ0v) is 11.1. The summed E-state index contributed by atoms with van der Waals surface area (Å²) >= 11 is -1.47. The van der Waals surface area contributed by atoms with E-state index >= 15 is 0 Å². The van der Waals surface area contributed by atoms with Gasteiger partial charge in [0.15, 0.2) is 0 Å². The lowest BCUT2D eigenvalue weighted by atomic mass is 10.1. The molecule has 0 saturated carbocycles. The van der Waals surface area contributed by atoms with Crippen LogP contribution in [0.15, 0.2) is 0 Å². The Balaban J connectivity index is 1.79. The van der Waals surface area contributed by atoms with Gasteiger partial charge in [0.05, 0.1) is 6.61 Å².